The fourth-order valence-electron chi connectivity index (χ4n) is 2.03. The summed E-state index contributed by atoms with van der Waals surface area (Å²) in [6.07, 6.45) is 0.364. The number of fused-ring (bicyclic) bond motifs is 1. The van der Waals surface area contributed by atoms with Crippen LogP contribution in [0, 0.1) is 0 Å². The molecule has 2 aliphatic rings. The molecule has 0 aromatic heterocycles. The van der Waals surface area contributed by atoms with Gasteiger partial charge in [-0.05, 0) is 0 Å². The molecule has 2 heterocycles. The zero-order valence-electron chi connectivity index (χ0n) is 9.74. The van der Waals surface area contributed by atoms with Crippen molar-refractivity contribution in [1.29, 1.82) is 0 Å². The van der Waals surface area contributed by atoms with Gasteiger partial charge in [0.2, 0.25) is 0 Å². The monoisotopic (exact) mass is 254 g/mol. The van der Waals surface area contributed by atoms with Crippen LogP contribution in [0.3, 0.4) is 0 Å². The first kappa shape index (κ1) is 12.8. The zero-order valence-corrected chi connectivity index (χ0v) is 9.74. The van der Waals surface area contributed by atoms with E-state index in [0.29, 0.717) is 0 Å². The van der Waals surface area contributed by atoms with Gasteiger partial charge in [0, 0.05) is 12.2 Å². The first-order valence-corrected chi connectivity index (χ1v) is 5.55. The van der Waals surface area contributed by atoms with Crippen molar-refractivity contribution in [1.82, 2.24) is 0 Å². The van der Waals surface area contributed by atoms with Crippen LogP contribution in [0.5, 0.6) is 0 Å². The summed E-state index contributed by atoms with van der Waals surface area (Å²) in [6.45, 7) is 7.07. The summed E-state index contributed by atoms with van der Waals surface area (Å²) >= 11 is 0. The van der Waals surface area contributed by atoms with E-state index in [2.05, 4.69) is 13.2 Å². The molecular weight excluding hydrogens is 240 g/mol. The van der Waals surface area contributed by atoms with Crippen molar-refractivity contribution in [3.8, 4) is 0 Å². The summed E-state index contributed by atoms with van der Waals surface area (Å²) in [4.78, 5) is 22.2. The quantitative estimate of drug-likeness (QED) is 0.518. The minimum Gasteiger partial charge on any atom is -0.454 e. The molecule has 2 saturated heterocycles. The van der Waals surface area contributed by atoms with E-state index in [9.17, 15) is 9.59 Å². The molecule has 0 aromatic rings. The van der Waals surface area contributed by atoms with Gasteiger partial charge in [0.15, 0.2) is 12.2 Å². The molecule has 0 saturated carbocycles. The Hall–Kier alpha value is -1.66. The second-order valence-electron chi connectivity index (χ2n) is 3.95. The summed E-state index contributed by atoms with van der Waals surface area (Å²) in [5.74, 6) is -1.06. The second kappa shape index (κ2) is 5.32. The van der Waals surface area contributed by atoms with Crippen LogP contribution >= 0.6 is 0 Å². The van der Waals surface area contributed by atoms with Gasteiger partial charge in [0.25, 0.3) is 0 Å². The molecule has 2 aliphatic heterocycles. The van der Waals surface area contributed by atoms with Gasteiger partial charge in [-0.15, -0.1) is 0 Å². The minimum atomic E-state index is -0.528. The van der Waals surface area contributed by atoms with Crippen molar-refractivity contribution < 1.29 is 28.5 Å². The number of ether oxygens (including phenoxy) is 4. The molecular formula is C12H14O6. The Balaban J connectivity index is 1.94. The number of carbonyl (C=O) groups is 2. The van der Waals surface area contributed by atoms with Crippen LogP contribution in [0.1, 0.15) is 0 Å². The SMILES string of the molecule is C=CC(=O)OC1CO[C@H]2[C@@H]1OC[C@H]2OC(=O)C=C. The van der Waals surface area contributed by atoms with Crippen molar-refractivity contribution >= 4 is 11.9 Å². The van der Waals surface area contributed by atoms with Crippen LogP contribution < -0.4 is 0 Å². The number of esters is 2. The molecule has 6 nitrogen and oxygen atoms in total. The van der Waals surface area contributed by atoms with Crippen molar-refractivity contribution in [3.05, 3.63) is 25.3 Å². The van der Waals surface area contributed by atoms with Crippen molar-refractivity contribution in [2.45, 2.75) is 24.4 Å². The number of hydrogen-bond donors (Lipinski definition) is 0. The van der Waals surface area contributed by atoms with Crippen LogP contribution in [0.4, 0.5) is 0 Å². The van der Waals surface area contributed by atoms with Crippen LogP contribution in [0.15, 0.2) is 25.3 Å². The third-order valence-electron chi connectivity index (χ3n) is 2.83. The van der Waals surface area contributed by atoms with Crippen LogP contribution in [0.2, 0.25) is 0 Å². The Labute approximate surface area is 104 Å². The number of carbonyl (C=O) groups excluding carboxylic acids is 2. The highest BCUT2D eigenvalue weighted by molar-refractivity contribution is 5.81. The Bertz CT molecular complexity index is 341. The molecule has 0 aromatic carbocycles. The van der Waals surface area contributed by atoms with Crippen LogP contribution in [0.25, 0.3) is 0 Å². The Morgan fingerprint density at radius 1 is 0.944 bits per heavy atom. The van der Waals surface area contributed by atoms with Gasteiger partial charge in [-0.3, -0.25) is 0 Å². The molecule has 98 valence electrons. The fraction of sp³-hybridized carbons (Fsp3) is 0.500. The van der Waals surface area contributed by atoms with Gasteiger partial charge >= 0.3 is 11.9 Å². The standard InChI is InChI=1S/C12H14O6/c1-3-9(13)17-7-5-15-12-8(6-16-11(7)12)18-10(14)4-2/h3-4,7-8,11-12H,1-2,5-6H2/t7-,8?,11-,12-/m1/s1. The van der Waals surface area contributed by atoms with E-state index in [1.807, 2.05) is 0 Å². The molecule has 0 amide bonds. The van der Waals surface area contributed by atoms with Gasteiger partial charge in [0.05, 0.1) is 13.2 Å². The lowest BCUT2D eigenvalue weighted by atomic mass is 10.1. The second-order valence-corrected chi connectivity index (χ2v) is 3.95. The predicted octanol–water partition coefficient (Wildman–Crippen LogP) is -0.0204. The fourth-order valence-corrected chi connectivity index (χ4v) is 2.03. The summed E-state index contributed by atoms with van der Waals surface area (Å²) in [5, 5.41) is 0. The van der Waals surface area contributed by atoms with Crippen molar-refractivity contribution in [2.24, 2.45) is 0 Å². The first-order chi connectivity index (χ1) is 8.65. The molecule has 0 spiro atoms. The highest BCUT2D eigenvalue weighted by atomic mass is 16.7. The molecule has 1 unspecified atom stereocenters. The third kappa shape index (κ3) is 2.44. The maximum Gasteiger partial charge on any atom is 0.330 e. The summed E-state index contributed by atoms with van der Waals surface area (Å²) in [6, 6.07) is 0. The minimum absolute atomic E-state index is 0.219. The van der Waals surface area contributed by atoms with E-state index in [-0.39, 0.29) is 13.2 Å². The molecule has 4 atom stereocenters. The van der Waals surface area contributed by atoms with Gasteiger partial charge < -0.3 is 18.9 Å². The smallest absolute Gasteiger partial charge is 0.330 e. The molecule has 0 aliphatic carbocycles. The van der Waals surface area contributed by atoms with E-state index in [0.717, 1.165) is 12.2 Å². The van der Waals surface area contributed by atoms with E-state index in [1.54, 1.807) is 0 Å². The predicted molar refractivity (Wildman–Crippen MR) is 59.6 cm³/mol. The third-order valence-corrected chi connectivity index (χ3v) is 2.83. The summed E-state index contributed by atoms with van der Waals surface area (Å²) < 4.78 is 21.1. The van der Waals surface area contributed by atoms with Crippen LogP contribution in [-0.4, -0.2) is 49.6 Å². The first-order valence-electron chi connectivity index (χ1n) is 5.55. The highest BCUT2D eigenvalue weighted by Crippen LogP contribution is 2.30. The van der Waals surface area contributed by atoms with Gasteiger partial charge in [-0.1, -0.05) is 13.2 Å². The lowest BCUT2D eigenvalue weighted by molar-refractivity contribution is -0.149. The normalized spacial score (nSPS) is 33.6. The van der Waals surface area contributed by atoms with Gasteiger partial charge in [-0.2, -0.15) is 0 Å². The average Bonchev–Trinajstić information content (AvgIpc) is 2.93. The largest absolute Gasteiger partial charge is 0.454 e. The molecule has 2 fully saturated rings. The maximum atomic E-state index is 11.1. The van der Waals surface area contributed by atoms with Crippen LogP contribution in [-0.2, 0) is 28.5 Å². The Morgan fingerprint density at radius 2 is 1.33 bits per heavy atom. The molecule has 0 radical (unpaired) electrons. The Morgan fingerprint density at radius 3 is 1.67 bits per heavy atom. The zero-order chi connectivity index (χ0) is 13.1. The molecule has 6 heteroatoms. The van der Waals surface area contributed by atoms with E-state index in [1.165, 1.54) is 0 Å². The summed E-state index contributed by atoms with van der Waals surface area (Å²) in [5.41, 5.74) is 0. The van der Waals surface area contributed by atoms with Gasteiger partial charge in [0.1, 0.15) is 12.2 Å². The maximum absolute atomic E-state index is 11.1. The van der Waals surface area contributed by atoms with E-state index < -0.39 is 36.4 Å². The highest BCUT2D eigenvalue weighted by Gasteiger charge is 2.50. The molecule has 0 bridgehead atoms. The van der Waals surface area contributed by atoms with Gasteiger partial charge in [-0.25, -0.2) is 9.59 Å². The molecule has 2 rings (SSSR count). The van der Waals surface area contributed by atoms with Crippen molar-refractivity contribution in [3.63, 3.8) is 0 Å². The Kier molecular flexibility index (Phi) is 3.78. The molecule has 0 N–H and O–H groups in total. The average molecular weight is 254 g/mol. The van der Waals surface area contributed by atoms with E-state index in [4.69, 9.17) is 18.9 Å². The lowest BCUT2D eigenvalue weighted by Gasteiger charge is -2.16. The lowest BCUT2D eigenvalue weighted by Crippen LogP contribution is -2.35. The summed E-state index contributed by atoms with van der Waals surface area (Å²) in [7, 11) is 0. The van der Waals surface area contributed by atoms with E-state index >= 15 is 0 Å². The number of rotatable bonds is 4. The topological polar surface area (TPSA) is 71.1 Å². The molecule has 18 heavy (non-hydrogen) atoms. The number of hydrogen-bond acceptors (Lipinski definition) is 6. The van der Waals surface area contributed by atoms with Crippen molar-refractivity contribution in [2.75, 3.05) is 13.2 Å².